The molecular formula is C72H43N5S. The van der Waals surface area contributed by atoms with Crippen LogP contribution >= 0.6 is 11.3 Å². The van der Waals surface area contributed by atoms with Crippen LogP contribution in [0.1, 0.15) is 0 Å². The van der Waals surface area contributed by atoms with Crippen LogP contribution < -0.4 is 0 Å². The van der Waals surface area contributed by atoms with Crippen molar-refractivity contribution in [3.05, 3.63) is 261 Å². The van der Waals surface area contributed by atoms with E-state index in [9.17, 15) is 0 Å². The Balaban J connectivity index is 1.02. The normalized spacial score (nSPS) is 12.4. The lowest BCUT2D eigenvalue weighted by Crippen LogP contribution is -2.00. The van der Waals surface area contributed by atoms with Crippen LogP contribution in [0.3, 0.4) is 0 Å². The van der Waals surface area contributed by atoms with Crippen molar-refractivity contribution in [3.8, 4) is 28.4 Å². The summed E-state index contributed by atoms with van der Waals surface area (Å²) in [7, 11) is 0. The molecule has 362 valence electrons. The third-order valence-electron chi connectivity index (χ3n) is 16.9. The Morgan fingerprint density at radius 2 is 0.487 bits per heavy atom. The molecule has 0 bridgehead atoms. The first-order valence-corrected chi connectivity index (χ1v) is 27.6. The van der Waals surface area contributed by atoms with Gasteiger partial charge in [-0.25, -0.2) is 0 Å². The van der Waals surface area contributed by atoms with Crippen molar-refractivity contribution in [2.45, 2.75) is 0 Å². The molecule has 12 aromatic carbocycles. The van der Waals surface area contributed by atoms with E-state index in [1.165, 1.54) is 118 Å². The summed E-state index contributed by atoms with van der Waals surface area (Å²) in [5.41, 5.74) is 17.5. The summed E-state index contributed by atoms with van der Waals surface area (Å²) in [5, 5.41) is 14.8. The predicted molar refractivity (Wildman–Crippen MR) is 331 cm³/mol. The Morgan fingerprint density at radius 1 is 0.192 bits per heavy atom. The maximum atomic E-state index is 2.54. The van der Waals surface area contributed by atoms with Gasteiger partial charge in [0.1, 0.15) is 0 Å². The minimum atomic E-state index is 1.10. The lowest BCUT2D eigenvalue weighted by Gasteiger charge is -2.16. The maximum Gasteiger partial charge on any atom is 0.0661 e. The molecule has 6 aromatic heterocycles. The first kappa shape index (κ1) is 42.1. The van der Waals surface area contributed by atoms with Gasteiger partial charge in [0.15, 0.2) is 0 Å². The van der Waals surface area contributed by atoms with E-state index in [4.69, 9.17) is 0 Å². The molecule has 0 aliphatic carbocycles. The molecule has 0 saturated heterocycles. The Kier molecular flexibility index (Phi) is 8.49. The lowest BCUT2D eigenvalue weighted by molar-refractivity contribution is 1.15. The highest BCUT2D eigenvalue weighted by atomic mass is 32.1. The summed E-state index contributed by atoms with van der Waals surface area (Å²) < 4.78 is 15.0. The van der Waals surface area contributed by atoms with Gasteiger partial charge in [0.25, 0.3) is 0 Å². The number of fused-ring (bicyclic) bond motifs is 18. The smallest absolute Gasteiger partial charge is 0.0661 e. The number of hydrogen-bond acceptors (Lipinski definition) is 1. The average molecular weight is 1010 g/mol. The van der Waals surface area contributed by atoms with Gasteiger partial charge in [0.05, 0.1) is 81.6 Å². The van der Waals surface area contributed by atoms with Crippen LogP contribution in [0.4, 0.5) is 0 Å². The van der Waals surface area contributed by atoms with Gasteiger partial charge in [-0.05, 0) is 97.1 Å². The average Bonchev–Trinajstić information content (AvgIpc) is 4.54. The molecule has 0 amide bonds. The van der Waals surface area contributed by atoms with Crippen molar-refractivity contribution >= 4 is 141 Å². The van der Waals surface area contributed by atoms with E-state index in [2.05, 4.69) is 284 Å². The van der Waals surface area contributed by atoms with E-state index in [1.807, 2.05) is 11.3 Å². The van der Waals surface area contributed by atoms with Gasteiger partial charge in [0.2, 0.25) is 0 Å². The molecule has 18 aromatic rings. The molecule has 0 fully saturated rings. The molecule has 0 saturated carbocycles. The maximum absolute atomic E-state index is 2.54. The monoisotopic (exact) mass is 1010 g/mol. The predicted octanol–water partition coefficient (Wildman–Crippen LogP) is 19.5. The van der Waals surface area contributed by atoms with E-state index >= 15 is 0 Å². The fraction of sp³-hybridized carbons (Fsp3) is 0. The van der Waals surface area contributed by atoms with Crippen molar-refractivity contribution in [1.82, 2.24) is 22.8 Å². The van der Waals surface area contributed by atoms with Gasteiger partial charge in [0, 0.05) is 76.0 Å². The van der Waals surface area contributed by atoms with Crippen LogP contribution in [0.2, 0.25) is 0 Å². The fourth-order valence-corrected chi connectivity index (χ4v) is 15.0. The molecule has 0 aliphatic heterocycles. The molecule has 78 heavy (non-hydrogen) atoms. The zero-order valence-electron chi connectivity index (χ0n) is 42.0. The van der Waals surface area contributed by atoms with Crippen molar-refractivity contribution in [3.63, 3.8) is 0 Å². The van der Waals surface area contributed by atoms with Gasteiger partial charge < -0.3 is 22.8 Å². The molecule has 0 aliphatic rings. The first-order chi connectivity index (χ1) is 38.7. The number of aromatic nitrogens is 5. The van der Waals surface area contributed by atoms with Gasteiger partial charge in [-0.15, -0.1) is 11.3 Å². The Bertz CT molecular complexity index is 5380. The zero-order valence-corrected chi connectivity index (χ0v) is 42.8. The Labute approximate surface area is 450 Å². The quantitative estimate of drug-likeness (QED) is 0.164. The number of benzene rings is 12. The van der Waals surface area contributed by atoms with Gasteiger partial charge in [-0.3, -0.25) is 0 Å². The standard InChI is InChI=1S/C72H43N5S/c1-10-28-57-46(19-1)47-20-2-11-29-58(47)73(57)44-37-38-66-55(41-44)54-27-9-12-30-59(54)74(66)45-42-56-70-67(75-60-31-13-3-21-48(60)49-22-4-14-32-61(49)75)39-40-68(76-62-33-15-5-23-50(62)51-24-6-16-34-63(51)76)72(70)78-71(56)69(43-45)77-64-35-17-7-25-52(64)53-26-8-18-36-65(53)77/h1-43H. The van der Waals surface area contributed by atoms with Crippen molar-refractivity contribution < 1.29 is 0 Å². The molecule has 0 spiro atoms. The molecule has 0 unspecified atom stereocenters. The first-order valence-electron chi connectivity index (χ1n) is 26.8. The van der Waals surface area contributed by atoms with E-state index in [1.54, 1.807) is 0 Å². The Hall–Kier alpha value is -10.1. The largest absolute Gasteiger partial charge is 0.309 e. The second kappa shape index (κ2) is 15.7. The van der Waals surface area contributed by atoms with Crippen LogP contribution in [0, 0.1) is 0 Å². The highest BCUT2D eigenvalue weighted by molar-refractivity contribution is 7.26. The number of rotatable bonds is 5. The van der Waals surface area contributed by atoms with Crippen molar-refractivity contribution in [2.75, 3.05) is 0 Å². The summed E-state index contributed by atoms with van der Waals surface area (Å²) in [5.74, 6) is 0. The van der Waals surface area contributed by atoms with Crippen molar-refractivity contribution in [1.29, 1.82) is 0 Å². The topological polar surface area (TPSA) is 24.6 Å². The molecule has 18 rings (SSSR count). The van der Waals surface area contributed by atoms with Gasteiger partial charge in [-0.2, -0.15) is 0 Å². The molecule has 5 nitrogen and oxygen atoms in total. The summed E-state index contributed by atoms with van der Waals surface area (Å²) in [6, 6.07) is 96.9. The number of para-hydroxylation sites is 9. The van der Waals surface area contributed by atoms with E-state index in [0.717, 1.165) is 39.5 Å². The van der Waals surface area contributed by atoms with Crippen molar-refractivity contribution in [2.24, 2.45) is 0 Å². The minimum Gasteiger partial charge on any atom is -0.309 e. The minimum absolute atomic E-state index is 1.10. The third kappa shape index (κ3) is 5.58. The molecule has 6 heterocycles. The summed E-state index contributed by atoms with van der Waals surface area (Å²) >= 11 is 1.92. The van der Waals surface area contributed by atoms with Crippen LogP contribution in [0.5, 0.6) is 0 Å². The second-order valence-corrected chi connectivity index (χ2v) is 21.8. The highest BCUT2D eigenvalue weighted by Crippen LogP contribution is 2.50. The number of nitrogens with zero attached hydrogens (tertiary/aromatic N) is 5. The number of thiophene rings is 1. The molecular weight excluding hydrogens is 967 g/mol. The third-order valence-corrected chi connectivity index (χ3v) is 18.1. The molecule has 0 radical (unpaired) electrons. The van der Waals surface area contributed by atoms with E-state index in [-0.39, 0.29) is 0 Å². The zero-order chi connectivity index (χ0) is 50.7. The van der Waals surface area contributed by atoms with Gasteiger partial charge in [-0.1, -0.05) is 164 Å². The van der Waals surface area contributed by atoms with Crippen LogP contribution in [0.25, 0.3) is 158 Å². The van der Waals surface area contributed by atoms with Crippen LogP contribution in [-0.4, -0.2) is 22.8 Å². The van der Waals surface area contributed by atoms with Gasteiger partial charge >= 0.3 is 0 Å². The molecule has 6 heteroatoms. The summed E-state index contributed by atoms with van der Waals surface area (Å²) in [6.45, 7) is 0. The SMILES string of the molecule is c1ccc2c(c1)c1ccccc1n2-c1ccc2c(c1)c1ccccc1n2-c1cc(-n2c3ccccc3c3ccccc32)c2sc3c(-n4c5ccccc5c5ccccc54)ccc(-n4c5ccccc5c5ccccc54)c3c2c1. The number of hydrogen-bond donors (Lipinski definition) is 0. The lowest BCUT2D eigenvalue weighted by atomic mass is 10.1. The van der Waals surface area contributed by atoms with Crippen LogP contribution in [0.15, 0.2) is 261 Å². The van der Waals surface area contributed by atoms with E-state index < -0.39 is 0 Å². The Morgan fingerprint density at radius 3 is 0.897 bits per heavy atom. The van der Waals surface area contributed by atoms with Crippen LogP contribution in [-0.2, 0) is 0 Å². The fourth-order valence-electron chi connectivity index (χ4n) is 13.7. The highest BCUT2D eigenvalue weighted by Gasteiger charge is 2.26. The summed E-state index contributed by atoms with van der Waals surface area (Å²) in [4.78, 5) is 0. The molecule has 0 N–H and O–H groups in total. The molecule has 0 atom stereocenters. The van der Waals surface area contributed by atoms with E-state index in [0.29, 0.717) is 0 Å². The summed E-state index contributed by atoms with van der Waals surface area (Å²) in [6.07, 6.45) is 0. The second-order valence-electron chi connectivity index (χ2n) is 20.8.